The molecule has 1 aromatic rings. The number of rotatable bonds is 11. The van der Waals surface area contributed by atoms with Crippen molar-refractivity contribution in [1.82, 2.24) is 10.6 Å². The summed E-state index contributed by atoms with van der Waals surface area (Å²) in [5, 5.41) is 4.93. The highest BCUT2D eigenvalue weighted by atomic mass is 79.9. The second-order valence-corrected chi connectivity index (χ2v) is 8.43. The molecule has 6 nitrogen and oxygen atoms in total. The molecule has 28 heavy (non-hydrogen) atoms. The van der Waals surface area contributed by atoms with Gasteiger partial charge in [-0.15, -0.1) is 12.6 Å². The molecule has 1 aromatic carbocycles. The molecule has 2 N–H and O–H groups in total. The zero-order chi connectivity index (χ0) is 21.1. The van der Waals surface area contributed by atoms with Gasteiger partial charge in [0.25, 0.3) is 0 Å². The lowest BCUT2D eigenvalue weighted by Crippen LogP contribution is -2.51. The molecule has 0 bridgehead atoms. The number of halogens is 1. The summed E-state index contributed by atoms with van der Waals surface area (Å²) >= 11 is 7.21. The van der Waals surface area contributed by atoms with Gasteiger partial charge in [0.15, 0.2) is 0 Å². The number of ether oxygens (including phenoxy) is 1. The molecule has 0 saturated carbocycles. The first-order valence-corrected chi connectivity index (χ1v) is 10.7. The van der Waals surface area contributed by atoms with E-state index in [2.05, 4.69) is 39.2 Å². The third kappa shape index (κ3) is 9.59. The van der Waals surface area contributed by atoms with Gasteiger partial charge in [0.05, 0.1) is 6.04 Å². The number of carbonyl (C=O) groups is 3. The van der Waals surface area contributed by atoms with Crippen molar-refractivity contribution in [1.29, 1.82) is 0 Å². The Balaban J connectivity index is 2.66. The van der Waals surface area contributed by atoms with Crippen LogP contribution in [0.15, 0.2) is 28.7 Å². The van der Waals surface area contributed by atoms with E-state index >= 15 is 0 Å². The fourth-order valence-electron chi connectivity index (χ4n) is 2.55. The van der Waals surface area contributed by atoms with Crippen molar-refractivity contribution >= 4 is 45.7 Å². The number of unbranched alkanes of at least 4 members (excludes halogenated alkanes) is 1. The van der Waals surface area contributed by atoms with Crippen LogP contribution in [0.2, 0.25) is 0 Å². The first-order chi connectivity index (χ1) is 13.2. The van der Waals surface area contributed by atoms with Gasteiger partial charge in [-0.05, 0) is 36.5 Å². The number of nitrogens with one attached hydrogen (secondary N) is 2. The van der Waals surface area contributed by atoms with E-state index in [4.69, 9.17) is 4.74 Å². The largest absolute Gasteiger partial charge is 0.445 e. The van der Waals surface area contributed by atoms with Gasteiger partial charge in [-0.1, -0.05) is 61.7 Å². The summed E-state index contributed by atoms with van der Waals surface area (Å²) in [7, 11) is 0. The molecule has 0 aliphatic carbocycles. The summed E-state index contributed by atoms with van der Waals surface area (Å²) in [5.41, 5.74) is 0.837. The van der Waals surface area contributed by atoms with E-state index in [1.54, 1.807) is 0 Å². The number of carbonyl (C=O) groups excluding carboxylic acids is 3. The van der Waals surface area contributed by atoms with Gasteiger partial charge in [0, 0.05) is 4.47 Å². The Morgan fingerprint density at radius 1 is 1.11 bits per heavy atom. The van der Waals surface area contributed by atoms with E-state index in [-0.39, 0.29) is 17.6 Å². The summed E-state index contributed by atoms with van der Waals surface area (Å²) in [4.78, 5) is 36.5. The van der Waals surface area contributed by atoms with Crippen LogP contribution >= 0.6 is 28.6 Å². The Kier molecular flexibility index (Phi) is 11.2. The van der Waals surface area contributed by atoms with E-state index in [0.29, 0.717) is 12.8 Å². The predicted molar refractivity (Wildman–Crippen MR) is 116 cm³/mol. The van der Waals surface area contributed by atoms with Crippen molar-refractivity contribution in [3.05, 3.63) is 34.3 Å². The maximum absolute atomic E-state index is 12.6. The quantitative estimate of drug-likeness (QED) is 0.420. The van der Waals surface area contributed by atoms with E-state index in [9.17, 15) is 14.4 Å². The van der Waals surface area contributed by atoms with Gasteiger partial charge < -0.3 is 15.4 Å². The van der Waals surface area contributed by atoms with Gasteiger partial charge in [0.2, 0.25) is 11.0 Å². The molecule has 0 radical (unpaired) electrons. The Morgan fingerprint density at radius 2 is 1.75 bits per heavy atom. The molecule has 0 heterocycles. The molecule has 8 heteroatoms. The van der Waals surface area contributed by atoms with Crippen molar-refractivity contribution in [2.24, 2.45) is 5.92 Å². The summed E-state index contributed by atoms with van der Waals surface area (Å²) in [6, 6.07) is 5.95. The topological polar surface area (TPSA) is 84.5 Å². The number of thiol groups is 1. The molecule has 0 unspecified atom stereocenters. The number of hydrogen-bond donors (Lipinski definition) is 3. The maximum Gasteiger partial charge on any atom is 0.408 e. The third-order valence-electron chi connectivity index (χ3n) is 4.06. The maximum atomic E-state index is 12.6. The van der Waals surface area contributed by atoms with Gasteiger partial charge >= 0.3 is 6.09 Å². The Bertz CT molecular complexity index is 652. The minimum atomic E-state index is -0.783. The van der Waals surface area contributed by atoms with Crippen LogP contribution in [0.3, 0.4) is 0 Å². The Hall–Kier alpha value is -1.54. The molecule has 2 atom stereocenters. The molecule has 0 fully saturated rings. The molecule has 0 aromatic heterocycles. The summed E-state index contributed by atoms with van der Waals surface area (Å²) in [6.07, 6.45) is 1.98. The van der Waals surface area contributed by atoms with Crippen molar-refractivity contribution in [2.45, 2.75) is 65.1 Å². The number of amides is 2. The Labute approximate surface area is 180 Å². The molecule has 0 spiro atoms. The zero-order valence-electron chi connectivity index (χ0n) is 16.5. The molecule has 0 saturated heterocycles. The normalized spacial score (nSPS) is 12.9. The molecule has 0 aliphatic rings. The second-order valence-electron chi connectivity index (χ2n) is 7.07. The van der Waals surface area contributed by atoms with E-state index in [0.717, 1.165) is 22.9 Å². The zero-order valence-corrected chi connectivity index (χ0v) is 19.0. The molecule has 1 rings (SSSR count). The lowest BCUT2D eigenvalue weighted by molar-refractivity contribution is -0.126. The Morgan fingerprint density at radius 3 is 2.29 bits per heavy atom. The summed E-state index contributed by atoms with van der Waals surface area (Å²) < 4.78 is 6.16. The van der Waals surface area contributed by atoms with Crippen LogP contribution < -0.4 is 10.6 Å². The number of benzene rings is 1. The molecule has 2 amide bonds. The van der Waals surface area contributed by atoms with E-state index in [1.807, 2.05) is 45.0 Å². The minimum absolute atomic E-state index is 0.101. The average molecular weight is 473 g/mol. The van der Waals surface area contributed by atoms with Crippen LogP contribution in [-0.2, 0) is 20.9 Å². The summed E-state index contributed by atoms with van der Waals surface area (Å²) in [5.74, 6) is -0.235. The number of hydrogen-bond acceptors (Lipinski definition) is 4. The third-order valence-corrected chi connectivity index (χ3v) is 4.90. The highest BCUT2D eigenvalue weighted by molar-refractivity contribution is 9.10. The fraction of sp³-hybridized carbons (Fsp3) is 0.550. The SMILES string of the molecule is CCCC[C@H](NC(=O)[C@H](CC(C)C)NC(=O)OCc1ccc(Br)cc1)C(=O)S. The highest BCUT2D eigenvalue weighted by Crippen LogP contribution is 2.12. The van der Waals surface area contributed by atoms with Crippen molar-refractivity contribution in [3.63, 3.8) is 0 Å². The minimum Gasteiger partial charge on any atom is -0.445 e. The van der Waals surface area contributed by atoms with Crippen LogP contribution in [0.4, 0.5) is 4.79 Å². The lowest BCUT2D eigenvalue weighted by Gasteiger charge is -2.23. The van der Waals surface area contributed by atoms with E-state index in [1.165, 1.54) is 0 Å². The van der Waals surface area contributed by atoms with Crippen molar-refractivity contribution in [2.75, 3.05) is 0 Å². The number of alkyl carbamates (subject to hydrolysis) is 1. The van der Waals surface area contributed by atoms with Gasteiger partial charge in [0.1, 0.15) is 12.6 Å². The molecular weight excluding hydrogens is 444 g/mol. The molecular formula is C20H29BrN2O4S. The van der Waals surface area contributed by atoms with Crippen LogP contribution in [-0.4, -0.2) is 29.2 Å². The van der Waals surface area contributed by atoms with E-state index < -0.39 is 24.1 Å². The predicted octanol–water partition coefficient (Wildman–Crippen LogP) is 4.22. The summed E-state index contributed by atoms with van der Waals surface area (Å²) in [6.45, 7) is 6.01. The standard InChI is InChI=1S/C20H29BrN2O4S/c1-4-5-6-16(19(25)28)22-18(24)17(11-13(2)3)23-20(26)27-12-14-7-9-15(21)10-8-14/h7-10,13,16-17H,4-6,11-12H2,1-3H3,(H,22,24)(H,23,26)(H,25,28)/t16-,17-/m0/s1. The second kappa shape index (κ2) is 12.8. The first kappa shape index (κ1) is 24.5. The smallest absolute Gasteiger partial charge is 0.408 e. The van der Waals surface area contributed by atoms with Crippen LogP contribution in [0, 0.1) is 5.92 Å². The average Bonchev–Trinajstić information content (AvgIpc) is 2.63. The van der Waals surface area contributed by atoms with Gasteiger partial charge in [-0.25, -0.2) is 4.79 Å². The van der Waals surface area contributed by atoms with Gasteiger partial charge in [-0.3, -0.25) is 9.59 Å². The highest BCUT2D eigenvalue weighted by Gasteiger charge is 2.26. The first-order valence-electron chi connectivity index (χ1n) is 9.43. The van der Waals surface area contributed by atoms with Gasteiger partial charge in [-0.2, -0.15) is 0 Å². The monoisotopic (exact) mass is 472 g/mol. The molecule has 156 valence electrons. The lowest BCUT2D eigenvalue weighted by atomic mass is 10.0. The van der Waals surface area contributed by atoms with Crippen molar-refractivity contribution in [3.8, 4) is 0 Å². The van der Waals surface area contributed by atoms with Crippen LogP contribution in [0.1, 0.15) is 52.0 Å². The fourth-order valence-corrected chi connectivity index (χ4v) is 3.01. The van der Waals surface area contributed by atoms with Crippen molar-refractivity contribution < 1.29 is 19.1 Å². The van der Waals surface area contributed by atoms with Crippen LogP contribution in [0.5, 0.6) is 0 Å². The molecule has 0 aliphatic heterocycles. The van der Waals surface area contributed by atoms with Crippen LogP contribution in [0.25, 0.3) is 0 Å².